The van der Waals surface area contributed by atoms with Crippen LogP contribution >= 0.6 is 11.8 Å². The number of rotatable bonds is 7. The first kappa shape index (κ1) is 19.8. The van der Waals surface area contributed by atoms with Gasteiger partial charge in [-0.1, -0.05) is 6.07 Å². The molecule has 2 rings (SSSR count). The van der Waals surface area contributed by atoms with Gasteiger partial charge in [-0.3, -0.25) is 9.59 Å². The number of carbonyl (C=O) groups is 2. The van der Waals surface area contributed by atoms with Crippen LogP contribution < -0.4 is 5.32 Å². The molecule has 0 aliphatic carbocycles. The third kappa shape index (κ3) is 6.11. The topological polar surface area (TPSA) is 49.4 Å². The van der Waals surface area contributed by atoms with Gasteiger partial charge in [0.25, 0.3) is 0 Å². The quantitative estimate of drug-likeness (QED) is 0.798. The van der Waals surface area contributed by atoms with Gasteiger partial charge in [-0.25, -0.2) is 13.2 Å². The van der Waals surface area contributed by atoms with E-state index >= 15 is 0 Å². The lowest BCUT2D eigenvalue weighted by Crippen LogP contribution is -2.28. The van der Waals surface area contributed by atoms with E-state index in [9.17, 15) is 22.8 Å². The molecule has 138 valence electrons. The zero-order valence-corrected chi connectivity index (χ0v) is 14.8. The standard InChI is InChI=1S/C18H17F3N2O2S/c1-23(9-12-2-7-15(20)16(21)8-12)18(25)11-26-10-17(24)22-14-5-3-13(19)4-6-14/h2-8H,9-11H2,1H3,(H,22,24). The summed E-state index contributed by atoms with van der Waals surface area (Å²) in [7, 11) is 1.54. The minimum Gasteiger partial charge on any atom is -0.341 e. The lowest BCUT2D eigenvalue weighted by Gasteiger charge is -2.17. The predicted octanol–water partition coefficient (Wildman–Crippen LogP) is 3.43. The Bertz CT molecular complexity index is 785. The highest BCUT2D eigenvalue weighted by atomic mass is 32.2. The van der Waals surface area contributed by atoms with E-state index in [1.54, 1.807) is 7.05 Å². The Hall–Kier alpha value is -2.48. The number of nitrogens with zero attached hydrogens (tertiary/aromatic N) is 1. The maximum absolute atomic E-state index is 13.2. The van der Waals surface area contributed by atoms with Gasteiger partial charge in [0, 0.05) is 19.3 Å². The van der Waals surface area contributed by atoms with E-state index in [-0.39, 0.29) is 29.9 Å². The van der Waals surface area contributed by atoms with Crippen molar-refractivity contribution in [3.05, 3.63) is 65.5 Å². The number of amides is 2. The highest BCUT2D eigenvalue weighted by Gasteiger charge is 2.12. The maximum Gasteiger partial charge on any atom is 0.234 e. The molecule has 1 N–H and O–H groups in total. The van der Waals surface area contributed by atoms with E-state index in [0.717, 1.165) is 23.9 Å². The molecule has 2 aromatic rings. The van der Waals surface area contributed by atoms with Crippen molar-refractivity contribution >= 4 is 29.3 Å². The number of anilines is 1. The van der Waals surface area contributed by atoms with Crippen molar-refractivity contribution in [2.45, 2.75) is 6.54 Å². The van der Waals surface area contributed by atoms with Crippen LogP contribution in [0.5, 0.6) is 0 Å². The minimum atomic E-state index is -0.963. The van der Waals surface area contributed by atoms with Gasteiger partial charge in [0.15, 0.2) is 11.6 Å². The van der Waals surface area contributed by atoms with Crippen LogP contribution in [0.15, 0.2) is 42.5 Å². The molecule has 0 aliphatic rings. The third-order valence-corrected chi connectivity index (χ3v) is 4.33. The molecule has 0 aliphatic heterocycles. The summed E-state index contributed by atoms with van der Waals surface area (Å²) in [6.45, 7) is 0.137. The summed E-state index contributed by atoms with van der Waals surface area (Å²) in [5, 5.41) is 2.59. The van der Waals surface area contributed by atoms with E-state index in [1.807, 2.05) is 0 Å². The van der Waals surface area contributed by atoms with Crippen LogP contribution in [-0.4, -0.2) is 35.3 Å². The second kappa shape index (κ2) is 9.28. The molecule has 2 aromatic carbocycles. The average molecular weight is 382 g/mol. The molecule has 8 heteroatoms. The number of carbonyl (C=O) groups excluding carboxylic acids is 2. The molecule has 0 saturated carbocycles. The lowest BCUT2D eigenvalue weighted by atomic mass is 10.2. The van der Waals surface area contributed by atoms with Crippen LogP contribution in [0.25, 0.3) is 0 Å². The molecule has 26 heavy (non-hydrogen) atoms. The van der Waals surface area contributed by atoms with Crippen LogP contribution in [0.4, 0.5) is 18.9 Å². The Labute approximate surface area is 153 Å². The highest BCUT2D eigenvalue weighted by Crippen LogP contribution is 2.12. The first-order chi connectivity index (χ1) is 12.3. The molecule has 2 amide bonds. The zero-order chi connectivity index (χ0) is 19.1. The first-order valence-corrected chi connectivity index (χ1v) is 8.81. The molecule has 0 heterocycles. The number of nitrogens with one attached hydrogen (secondary N) is 1. The van der Waals surface area contributed by atoms with Gasteiger partial charge in [-0.15, -0.1) is 11.8 Å². The fourth-order valence-electron chi connectivity index (χ4n) is 2.07. The molecular weight excluding hydrogens is 365 g/mol. The molecule has 0 fully saturated rings. The first-order valence-electron chi connectivity index (χ1n) is 7.66. The van der Waals surface area contributed by atoms with Crippen molar-refractivity contribution in [1.29, 1.82) is 0 Å². The van der Waals surface area contributed by atoms with Gasteiger partial charge in [-0.2, -0.15) is 0 Å². The number of hydrogen-bond donors (Lipinski definition) is 1. The smallest absolute Gasteiger partial charge is 0.234 e. The van der Waals surface area contributed by atoms with Crippen molar-refractivity contribution in [3.8, 4) is 0 Å². The van der Waals surface area contributed by atoms with Crippen LogP contribution in [0.2, 0.25) is 0 Å². The molecule has 0 spiro atoms. The lowest BCUT2D eigenvalue weighted by molar-refractivity contribution is -0.127. The molecule has 0 aromatic heterocycles. The maximum atomic E-state index is 13.2. The van der Waals surface area contributed by atoms with E-state index < -0.39 is 17.5 Å². The van der Waals surface area contributed by atoms with Crippen molar-refractivity contribution in [3.63, 3.8) is 0 Å². The van der Waals surface area contributed by atoms with E-state index in [2.05, 4.69) is 5.32 Å². The Balaban J connectivity index is 1.74. The van der Waals surface area contributed by atoms with Crippen molar-refractivity contribution < 1.29 is 22.8 Å². The SMILES string of the molecule is CN(Cc1ccc(F)c(F)c1)C(=O)CSCC(=O)Nc1ccc(F)cc1. The highest BCUT2D eigenvalue weighted by molar-refractivity contribution is 8.00. The van der Waals surface area contributed by atoms with Crippen LogP contribution in [0, 0.1) is 17.5 Å². The van der Waals surface area contributed by atoms with Gasteiger partial charge < -0.3 is 10.2 Å². The fourth-order valence-corrected chi connectivity index (χ4v) is 2.83. The van der Waals surface area contributed by atoms with Gasteiger partial charge in [0.2, 0.25) is 11.8 Å². The normalized spacial score (nSPS) is 10.5. The monoisotopic (exact) mass is 382 g/mol. The molecule has 0 bridgehead atoms. The van der Waals surface area contributed by atoms with Gasteiger partial charge in [0.1, 0.15) is 5.82 Å². The van der Waals surface area contributed by atoms with E-state index in [1.165, 1.54) is 35.2 Å². The summed E-state index contributed by atoms with van der Waals surface area (Å²) in [4.78, 5) is 25.2. The summed E-state index contributed by atoms with van der Waals surface area (Å²) in [5.74, 6) is -2.72. The van der Waals surface area contributed by atoms with Crippen molar-refractivity contribution in [2.24, 2.45) is 0 Å². The molecule has 4 nitrogen and oxygen atoms in total. The van der Waals surface area contributed by atoms with Crippen LogP contribution in [-0.2, 0) is 16.1 Å². The second-order valence-electron chi connectivity index (χ2n) is 5.55. The Kier molecular flexibility index (Phi) is 7.08. The van der Waals surface area contributed by atoms with Gasteiger partial charge in [-0.05, 0) is 42.0 Å². The fraction of sp³-hybridized carbons (Fsp3) is 0.222. The van der Waals surface area contributed by atoms with Crippen molar-refractivity contribution in [2.75, 3.05) is 23.9 Å². The summed E-state index contributed by atoms with van der Waals surface area (Å²) in [5.41, 5.74) is 0.942. The summed E-state index contributed by atoms with van der Waals surface area (Å²) in [6, 6.07) is 8.82. The summed E-state index contributed by atoms with van der Waals surface area (Å²) < 4.78 is 38.9. The predicted molar refractivity (Wildman–Crippen MR) is 95.2 cm³/mol. The van der Waals surface area contributed by atoms with Crippen molar-refractivity contribution in [1.82, 2.24) is 4.90 Å². The molecule has 0 atom stereocenters. The van der Waals surface area contributed by atoms with E-state index in [4.69, 9.17) is 0 Å². The second-order valence-corrected chi connectivity index (χ2v) is 6.53. The third-order valence-electron chi connectivity index (χ3n) is 3.42. The summed E-state index contributed by atoms with van der Waals surface area (Å²) >= 11 is 1.12. The van der Waals surface area contributed by atoms with Gasteiger partial charge >= 0.3 is 0 Å². The number of halogens is 3. The number of hydrogen-bond acceptors (Lipinski definition) is 3. The van der Waals surface area contributed by atoms with E-state index in [0.29, 0.717) is 11.3 Å². The minimum absolute atomic E-state index is 0.0577. The van der Waals surface area contributed by atoms with Crippen LogP contribution in [0.1, 0.15) is 5.56 Å². The summed E-state index contributed by atoms with van der Waals surface area (Å²) in [6.07, 6.45) is 0. The largest absolute Gasteiger partial charge is 0.341 e. The Morgan fingerprint density at radius 3 is 2.35 bits per heavy atom. The Morgan fingerprint density at radius 2 is 1.69 bits per heavy atom. The Morgan fingerprint density at radius 1 is 1.00 bits per heavy atom. The molecule has 0 unspecified atom stereocenters. The molecule has 0 radical (unpaired) electrons. The van der Waals surface area contributed by atoms with Crippen LogP contribution in [0.3, 0.4) is 0 Å². The number of thioether (sulfide) groups is 1. The molecule has 0 saturated heterocycles. The number of benzene rings is 2. The zero-order valence-electron chi connectivity index (χ0n) is 14.0. The molecular formula is C18H17F3N2O2S. The van der Waals surface area contributed by atoms with Gasteiger partial charge in [0.05, 0.1) is 11.5 Å². The average Bonchev–Trinajstić information content (AvgIpc) is 2.60.